The van der Waals surface area contributed by atoms with Crippen LogP contribution >= 0.6 is 27.3 Å². The lowest BCUT2D eigenvalue weighted by molar-refractivity contribution is -0.126. The maximum atomic E-state index is 12.8. The fourth-order valence-electron chi connectivity index (χ4n) is 3.23. The van der Waals surface area contributed by atoms with Crippen LogP contribution in [-0.4, -0.2) is 38.3 Å². The number of amides is 1. The molecule has 8 heteroatoms. The van der Waals surface area contributed by atoms with E-state index in [0.717, 1.165) is 23.0 Å². The van der Waals surface area contributed by atoms with Crippen molar-refractivity contribution < 1.29 is 13.2 Å². The zero-order valence-electron chi connectivity index (χ0n) is 14.9. The van der Waals surface area contributed by atoms with Gasteiger partial charge in [-0.1, -0.05) is 30.3 Å². The first kappa shape index (κ1) is 20.5. The molecule has 1 fully saturated rings. The summed E-state index contributed by atoms with van der Waals surface area (Å²) in [7, 11) is -3.53. The van der Waals surface area contributed by atoms with E-state index >= 15 is 0 Å². The molecule has 1 unspecified atom stereocenters. The predicted octanol–water partition coefficient (Wildman–Crippen LogP) is 3.66. The fraction of sp³-hybridized carbons (Fsp3) is 0.421. The molecule has 0 aliphatic carbocycles. The van der Waals surface area contributed by atoms with E-state index in [1.807, 2.05) is 18.2 Å². The number of carbonyl (C=O) groups is 1. The van der Waals surface area contributed by atoms with Crippen molar-refractivity contribution in [3.8, 4) is 0 Å². The molecular weight excluding hydrogens is 448 g/mol. The Morgan fingerprint density at radius 2 is 2.00 bits per heavy atom. The highest BCUT2D eigenvalue weighted by Crippen LogP contribution is 2.30. The molecule has 2 aromatic rings. The molecule has 1 aromatic carbocycles. The molecule has 0 spiro atoms. The van der Waals surface area contributed by atoms with Crippen molar-refractivity contribution in [2.75, 3.05) is 19.6 Å². The second-order valence-corrected chi connectivity index (χ2v) is 11.3. The Bertz CT molecular complexity index is 868. The summed E-state index contributed by atoms with van der Waals surface area (Å²) in [5.41, 5.74) is 1.25. The largest absolute Gasteiger partial charge is 0.356 e. The smallest absolute Gasteiger partial charge is 0.252 e. The van der Waals surface area contributed by atoms with Crippen LogP contribution < -0.4 is 5.32 Å². The van der Waals surface area contributed by atoms with Gasteiger partial charge in [0.1, 0.15) is 4.21 Å². The van der Waals surface area contributed by atoms with E-state index in [-0.39, 0.29) is 18.4 Å². The third-order valence-corrected chi connectivity index (χ3v) is 8.64. The molecule has 1 N–H and O–H groups in total. The van der Waals surface area contributed by atoms with Crippen LogP contribution in [-0.2, 0) is 21.2 Å². The number of nitrogens with one attached hydrogen (secondary N) is 1. The number of benzene rings is 1. The summed E-state index contributed by atoms with van der Waals surface area (Å²) >= 11 is 4.51. The SMILES string of the molecule is O=C(NCCCc1ccccc1)C1CCCN(S(=O)(=O)c2ccc(Br)s2)C1. The van der Waals surface area contributed by atoms with E-state index in [9.17, 15) is 13.2 Å². The van der Waals surface area contributed by atoms with Crippen LogP contribution in [0, 0.1) is 5.92 Å². The Labute approximate surface area is 173 Å². The number of piperidine rings is 1. The third-order valence-electron chi connectivity index (χ3n) is 4.68. The molecule has 1 saturated heterocycles. The second kappa shape index (κ2) is 9.32. The molecule has 0 saturated carbocycles. The number of hydrogen-bond acceptors (Lipinski definition) is 4. The Hall–Kier alpha value is -1.22. The zero-order valence-corrected chi connectivity index (χ0v) is 18.2. The molecule has 2 heterocycles. The first-order valence-corrected chi connectivity index (χ1v) is 12.1. The minimum Gasteiger partial charge on any atom is -0.356 e. The van der Waals surface area contributed by atoms with Gasteiger partial charge in [-0.15, -0.1) is 11.3 Å². The van der Waals surface area contributed by atoms with Gasteiger partial charge in [-0.25, -0.2) is 8.42 Å². The van der Waals surface area contributed by atoms with Crippen molar-refractivity contribution >= 4 is 43.2 Å². The lowest BCUT2D eigenvalue weighted by Crippen LogP contribution is -2.45. The van der Waals surface area contributed by atoms with E-state index in [1.54, 1.807) is 12.1 Å². The number of carbonyl (C=O) groups excluding carboxylic acids is 1. The first-order chi connectivity index (χ1) is 13.0. The lowest BCUT2D eigenvalue weighted by Gasteiger charge is -2.30. The van der Waals surface area contributed by atoms with Crippen LogP contribution in [0.15, 0.2) is 50.5 Å². The Kier molecular flexibility index (Phi) is 7.08. The second-order valence-electron chi connectivity index (χ2n) is 6.64. The van der Waals surface area contributed by atoms with Crippen molar-refractivity contribution in [2.45, 2.75) is 29.9 Å². The minimum atomic E-state index is -3.53. The summed E-state index contributed by atoms with van der Waals surface area (Å²) in [5, 5.41) is 2.97. The molecule has 5 nitrogen and oxygen atoms in total. The van der Waals surface area contributed by atoms with E-state index < -0.39 is 10.0 Å². The van der Waals surface area contributed by atoms with Crippen molar-refractivity contribution in [1.82, 2.24) is 9.62 Å². The van der Waals surface area contributed by atoms with Crippen molar-refractivity contribution in [2.24, 2.45) is 5.92 Å². The highest BCUT2D eigenvalue weighted by atomic mass is 79.9. The number of halogens is 1. The molecule has 27 heavy (non-hydrogen) atoms. The summed E-state index contributed by atoms with van der Waals surface area (Å²) < 4.78 is 28.1. The van der Waals surface area contributed by atoms with Crippen molar-refractivity contribution in [3.63, 3.8) is 0 Å². The number of rotatable bonds is 7. The maximum absolute atomic E-state index is 12.8. The van der Waals surface area contributed by atoms with Crippen molar-refractivity contribution in [1.29, 1.82) is 0 Å². The topological polar surface area (TPSA) is 66.5 Å². The standard InChI is InChI=1S/C19H23BrN2O3S2/c20-17-10-11-18(26-17)27(24,25)22-13-5-9-16(14-22)19(23)21-12-4-8-15-6-2-1-3-7-15/h1-3,6-7,10-11,16H,4-5,8-9,12-14H2,(H,21,23). The van der Waals surface area contributed by atoms with Gasteiger partial charge >= 0.3 is 0 Å². The van der Waals surface area contributed by atoms with Crippen LogP contribution in [0.2, 0.25) is 0 Å². The number of hydrogen-bond donors (Lipinski definition) is 1. The van der Waals surface area contributed by atoms with E-state index in [2.05, 4.69) is 33.4 Å². The number of aryl methyl sites for hydroxylation is 1. The van der Waals surface area contributed by atoms with Gasteiger partial charge in [0.05, 0.1) is 9.70 Å². The van der Waals surface area contributed by atoms with Crippen LogP contribution in [0.1, 0.15) is 24.8 Å². The molecule has 1 aromatic heterocycles. The zero-order chi connectivity index (χ0) is 19.3. The van der Waals surface area contributed by atoms with Gasteiger partial charge in [-0.3, -0.25) is 4.79 Å². The summed E-state index contributed by atoms with van der Waals surface area (Å²) in [6, 6.07) is 13.5. The number of sulfonamides is 1. The molecule has 0 radical (unpaired) electrons. The van der Waals surface area contributed by atoms with E-state index in [4.69, 9.17) is 0 Å². The summed E-state index contributed by atoms with van der Waals surface area (Å²) in [5.74, 6) is -0.330. The fourth-order valence-corrected chi connectivity index (χ4v) is 6.92. The van der Waals surface area contributed by atoms with Crippen LogP contribution in [0.25, 0.3) is 0 Å². The maximum Gasteiger partial charge on any atom is 0.252 e. The highest BCUT2D eigenvalue weighted by molar-refractivity contribution is 9.11. The van der Waals surface area contributed by atoms with Gasteiger partial charge < -0.3 is 5.32 Å². The van der Waals surface area contributed by atoms with Gasteiger partial charge in [-0.2, -0.15) is 4.31 Å². The highest BCUT2D eigenvalue weighted by Gasteiger charge is 2.33. The number of nitrogens with zero attached hydrogens (tertiary/aromatic N) is 1. The van der Waals surface area contributed by atoms with Gasteiger partial charge in [0, 0.05) is 19.6 Å². The number of thiophene rings is 1. The summed E-state index contributed by atoms with van der Waals surface area (Å²) in [6.07, 6.45) is 3.21. The average molecular weight is 471 g/mol. The van der Waals surface area contributed by atoms with Crippen LogP contribution in [0.4, 0.5) is 0 Å². The van der Waals surface area contributed by atoms with Crippen molar-refractivity contribution in [3.05, 3.63) is 51.8 Å². The molecule has 146 valence electrons. The van der Waals surface area contributed by atoms with Crippen LogP contribution in [0.3, 0.4) is 0 Å². The molecule has 1 atom stereocenters. The van der Waals surface area contributed by atoms with Crippen LogP contribution in [0.5, 0.6) is 0 Å². The van der Waals surface area contributed by atoms with Gasteiger partial charge in [0.2, 0.25) is 5.91 Å². The Balaban J connectivity index is 1.50. The lowest BCUT2D eigenvalue weighted by atomic mass is 9.99. The van der Waals surface area contributed by atoms with E-state index in [1.165, 1.54) is 21.2 Å². The molecule has 1 aliphatic heterocycles. The molecule has 3 rings (SSSR count). The Morgan fingerprint density at radius 1 is 1.22 bits per heavy atom. The quantitative estimate of drug-likeness (QED) is 0.627. The average Bonchev–Trinajstić information content (AvgIpc) is 3.13. The molecule has 1 aliphatic rings. The molecule has 0 bridgehead atoms. The molecule has 1 amide bonds. The summed E-state index contributed by atoms with van der Waals surface area (Å²) in [6.45, 7) is 1.33. The first-order valence-electron chi connectivity index (χ1n) is 9.04. The Morgan fingerprint density at radius 3 is 2.70 bits per heavy atom. The normalized spacial score (nSPS) is 18.3. The molecular formula is C19H23BrN2O3S2. The monoisotopic (exact) mass is 470 g/mol. The van der Waals surface area contributed by atoms with Gasteiger partial charge in [0.15, 0.2) is 0 Å². The third kappa shape index (κ3) is 5.40. The van der Waals surface area contributed by atoms with Gasteiger partial charge in [0.25, 0.3) is 10.0 Å². The predicted molar refractivity (Wildman–Crippen MR) is 111 cm³/mol. The van der Waals surface area contributed by atoms with Gasteiger partial charge in [-0.05, 0) is 59.3 Å². The minimum absolute atomic E-state index is 0.0460. The van der Waals surface area contributed by atoms with E-state index in [0.29, 0.717) is 23.7 Å². The summed E-state index contributed by atoms with van der Waals surface area (Å²) in [4.78, 5) is 12.5.